The molecule has 4 aromatic rings. The summed E-state index contributed by atoms with van der Waals surface area (Å²) in [5, 5.41) is 3.64. The van der Waals surface area contributed by atoms with Gasteiger partial charge in [0, 0.05) is 39.3 Å². The number of anilines is 4. The Morgan fingerprint density at radius 3 is 2.05 bits per heavy atom. The summed E-state index contributed by atoms with van der Waals surface area (Å²) in [6.45, 7) is 1.75. The van der Waals surface area contributed by atoms with Gasteiger partial charge in [0.2, 0.25) is 10.0 Å². The van der Waals surface area contributed by atoms with Gasteiger partial charge < -0.3 is 19.9 Å². The second kappa shape index (κ2) is 9.92. The number of hydrogen-bond acceptors (Lipinski definition) is 8. The van der Waals surface area contributed by atoms with E-state index in [0.29, 0.717) is 16.9 Å². The van der Waals surface area contributed by atoms with Crippen molar-refractivity contribution in [2.45, 2.75) is 25.4 Å². The molecule has 0 aliphatic carbocycles. The van der Waals surface area contributed by atoms with Gasteiger partial charge in [-0.1, -0.05) is 66.7 Å². The summed E-state index contributed by atoms with van der Waals surface area (Å²) in [5.74, 6) is -1.57. The lowest BCUT2D eigenvalue weighted by molar-refractivity contribution is -0.139. The zero-order chi connectivity index (χ0) is 29.0. The molecule has 0 aromatic heterocycles. The molecule has 4 aromatic carbocycles. The first kappa shape index (κ1) is 26.1. The molecule has 3 aliphatic heterocycles. The van der Waals surface area contributed by atoms with Crippen LogP contribution in [0.25, 0.3) is 0 Å². The predicted molar refractivity (Wildman–Crippen MR) is 161 cm³/mol. The normalized spacial score (nSPS) is 19.7. The van der Waals surface area contributed by atoms with Crippen LogP contribution in [0.15, 0.2) is 97.1 Å². The molecule has 10 heteroatoms. The summed E-state index contributed by atoms with van der Waals surface area (Å²) in [4.78, 5) is 28.9. The van der Waals surface area contributed by atoms with Gasteiger partial charge in [0.15, 0.2) is 12.0 Å². The Balaban J connectivity index is 1.48. The van der Waals surface area contributed by atoms with Crippen LogP contribution < -0.4 is 19.4 Å². The van der Waals surface area contributed by atoms with Crippen LogP contribution >= 0.6 is 0 Å². The van der Waals surface area contributed by atoms with Crippen LogP contribution in [0.4, 0.5) is 22.7 Å². The maximum absolute atomic E-state index is 14.1. The highest BCUT2D eigenvalue weighted by atomic mass is 32.2. The molecule has 3 atom stereocenters. The third-order valence-corrected chi connectivity index (χ3v) is 9.63. The number of fused-ring (bicyclic) bond motifs is 5. The molecule has 0 saturated carbocycles. The Kier molecular flexibility index (Phi) is 6.16. The largest absolute Gasteiger partial charge is 0.465 e. The van der Waals surface area contributed by atoms with Gasteiger partial charge in [0.05, 0.1) is 12.3 Å². The van der Waals surface area contributed by atoms with E-state index >= 15 is 0 Å². The van der Waals surface area contributed by atoms with Crippen molar-refractivity contribution in [2.24, 2.45) is 0 Å². The van der Waals surface area contributed by atoms with Crippen LogP contribution in [0.5, 0.6) is 0 Å². The van der Waals surface area contributed by atoms with Gasteiger partial charge in [-0.05, 0) is 37.3 Å². The van der Waals surface area contributed by atoms with Gasteiger partial charge in [-0.3, -0.25) is 9.59 Å². The Labute approximate surface area is 244 Å². The van der Waals surface area contributed by atoms with E-state index in [-0.39, 0.29) is 18.9 Å². The molecule has 1 N–H and O–H groups in total. The molecular weight excluding hydrogens is 552 g/mol. The lowest BCUT2D eigenvalue weighted by Crippen LogP contribution is -2.62. The van der Waals surface area contributed by atoms with E-state index in [4.69, 9.17) is 4.74 Å². The quantitative estimate of drug-likeness (QED) is 0.230. The molecule has 0 fully saturated rings. The number of benzene rings is 4. The smallest absolute Gasteiger partial charge is 0.323 e. The molecule has 3 heterocycles. The zero-order valence-corrected chi connectivity index (χ0v) is 23.6. The van der Waals surface area contributed by atoms with Gasteiger partial charge in [-0.25, -0.2) is 12.7 Å². The van der Waals surface area contributed by atoms with E-state index in [1.165, 1.54) is 4.31 Å². The molecule has 3 aliphatic rings. The number of nitrogens with one attached hydrogen (secondary N) is 1. The number of esters is 1. The first-order valence-electron chi connectivity index (χ1n) is 13.8. The second-order valence-corrected chi connectivity index (χ2v) is 12.2. The van der Waals surface area contributed by atoms with E-state index < -0.39 is 27.9 Å². The van der Waals surface area contributed by atoms with Crippen LogP contribution in [-0.2, 0) is 19.6 Å². The fourth-order valence-electron chi connectivity index (χ4n) is 6.46. The highest BCUT2D eigenvalue weighted by Gasteiger charge is 2.55. The van der Waals surface area contributed by atoms with Gasteiger partial charge >= 0.3 is 5.97 Å². The van der Waals surface area contributed by atoms with E-state index in [1.807, 2.05) is 84.9 Å². The van der Waals surface area contributed by atoms with Crippen molar-refractivity contribution in [3.8, 4) is 0 Å². The van der Waals surface area contributed by atoms with E-state index in [1.54, 1.807) is 19.1 Å². The zero-order valence-electron chi connectivity index (χ0n) is 22.8. The number of sulfonamides is 1. The standard InChI is InChI=1S/C32H28N4O5S/c1-2-41-29(38)20-42(39,40)36-28-18-10-6-14-24(28)31-34-27-17-9-5-13-23(27)32(36)35(31)26-16-8-4-12-22(26)30(34)33-25-15-7-3-11-21(25)19-37/h3-19,30-33H,2,20H2,1H3. The highest BCUT2D eigenvalue weighted by Crippen LogP contribution is 2.61. The molecule has 42 heavy (non-hydrogen) atoms. The first-order chi connectivity index (χ1) is 20.4. The minimum atomic E-state index is -4.18. The maximum Gasteiger partial charge on any atom is 0.323 e. The molecular formula is C32H28N4O5S. The summed E-state index contributed by atoms with van der Waals surface area (Å²) in [5.41, 5.74) is 5.94. The predicted octanol–water partition coefficient (Wildman–Crippen LogP) is 5.36. The number of hydrogen-bond donors (Lipinski definition) is 1. The monoisotopic (exact) mass is 580 g/mol. The van der Waals surface area contributed by atoms with Crippen molar-refractivity contribution in [3.63, 3.8) is 0 Å². The third-order valence-electron chi connectivity index (χ3n) is 8.03. The van der Waals surface area contributed by atoms with Crippen LogP contribution in [0.2, 0.25) is 0 Å². The molecule has 0 saturated heterocycles. The number of carbonyl (C=O) groups excluding carboxylic acids is 2. The number of rotatable bonds is 7. The molecule has 0 radical (unpaired) electrons. The van der Waals surface area contributed by atoms with Crippen LogP contribution in [0, 0.1) is 0 Å². The highest BCUT2D eigenvalue weighted by molar-refractivity contribution is 7.93. The molecule has 212 valence electrons. The SMILES string of the molecule is CCOC(=O)CS(=O)(=O)N1c2ccccc2C2N3c4ccccc4C1N2c1ccccc1C3Nc1ccccc1C=O. The molecule has 4 bridgehead atoms. The first-order valence-corrected chi connectivity index (χ1v) is 15.4. The summed E-state index contributed by atoms with van der Waals surface area (Å²) in [6.07, 6.45) is -0.681. The minimum absolute atomic E-state index is 0.0926. The fraction of sp³-hybridized carbons (Fsp3) is 0.188. The van der Waals surface area contributed by atoms with Crippen LogP contribution in [-0.4, -0.2) is 33.0 Å². The van der Waals surface area contributed by atoms with Crippen LogP contribution in [0.3, 0.4) is 0 Å². The summed E-state index contributed by atoms with van der Waals surface area (Å²) in [7, 11) is -4.18. The van der Waals surface area contributed by atoms with Crippen molar-refractivity contribution >= 4 is 45.0 Å². The topological polar surface area (TPSA) is 99.3 Å². The Morgan fingerprint density at radius 2 is 1.36 bits per heavy atom. The summed E-state index contributed by atoms with van der Waals surface area (Å²) in [6, 6.07) is 30.4. The summed E-state index contributed by atoms with van der Waals surface area (Å²) < 4.78 is 34.7. The Hall–Kier alpha value is -4.83. The third kappa shape index (κ3) is 3.86. The van der Waals surface area contributed by atoms with E-state index in [0.717, 1.165) is 34.4 Å². The number of para-hydroxylation sites is 4. The number of ether oxygens (including phenoxy) is 1. The van der Waals surface area contributed by atoms with Gasteiger partial charge in [-0.15, -0.1) is 0 Å². The molecule has 0 amide bonds. The average molecular weight is 581 g/mol. The van der Waals surface area contributed by atoms with Crippen molar-refractivity contribution in [2.75, 3.05) is 31.8 Å². The van der Waals surface area contributed by atoms with Gasteiger partial charge in [0.25, 0.3) is 0 Å². The molecule has 7 rings (SSSR count). The minimum Gasteiger partial charge on any atom is -0.465 e. The fourth-order valence-corrected chi connectivity index (χ4v) is 7.97. The van der Waals surface area contributed by atoms with Gasteiger partial charge in [-0.2, -0.15) is 0 Å². The van der Waals surface area contributed by atoms with Crippen molar-refractivity contribution < 1.29 is 22.7 Å². The number of carbonyl (C=O) groups is 2. The Bertz CT molecular complexity index is 1830. The lowest BCUT2D eigenvalue weighted by atomic mass is 9.88. The number of aldehydes is 1. The number of nitrogens with zero attached hydrogens (tertiary/aromatic N) is 3. The Morgan fingerprint density at radius 1 is 0.786 bits per heavy atom. The van der Waals surface area contributed by atoms with E-state index in [2.05, 4.69) is 15.1 Å². The lowest BCUT2D eigenvalue weighted by Gasteiger charge is -2.62. The maximum atomic E-state index is 14.1. The molecule has 9 nitrogen and oxygen atoms in total. The molecule has 0 spiro atoms. The molecule has 3 unspecified atom stereocenters. The van der Waals surface area contributed by atoms with Gasteiger partial charge in [0.1, 0.15) is 18.5 Å². The second-order valence-electron chi connectivity index (χ2n) is 10.3. The van der Waals surface area contributed by atoms with Crippen molar-refractivity contribution in [1.29, 1.82) is 0 Å². The van der Waals surface area contributed by atoms with Crippen molar-refractivity contribution in [3.05, 3.63) is 119 Å². The van der Waals surface area contributed by atoms with Crippen LogP contribution in [0.1, 0.15) is 52.5 Å². The van der Waals surface area contributed by atoms with Crippen molar-refractivity contribution in [1.82, 2.24) is 0 Å². The average Bonchev–Trinajstić information content (AvgIpc) is 3.00. The van der Waals surface area contributed by atoms with E-state index in [9.17, 15) is 18.0 Å². The summed E-state index contributed by atoms with van der Waals surface area (Å²) >= 11 is 0.